The van der Waals surface area contributed by atoms with Crippen molar-refractivity contribution in [1.82, 2.24) is 4.98 Å². The fourth-order valence-corrected chi connectivity index (χ4v) is 4.24. The summed E-state index contributed by atoms with van der Waals surface area (Å²) in [4.78, 5) is 28.5. The topological polar surface area (TPSA) is 82.3 Å². The number of nitrogens with zero attached hydrogens (tertiary/aromatic N) is 1. The fourth-order valence-electron chi connectivity index (χ4n) is 3.13. The van der Waals surface area contributed by atoms with Crippen molar-refractivity contribution in [3.63, 3.8) is 0 Å². The van der Waals surface area contributed by atoms with Gasteiger partial charge in [-0.2, -0.15) is 0 Å². The second-order valence-electron chi connectivity index (χ2n) is 6.19. The van der Waals surface area contributed by atoms with E-state index in [1.807, 2.05) is 24.3 Å². The quantitative estimate of drug-likeness (QED) is 0.854. The summed E-state index contributed by atoms with van der Waals surface area (Å²) in [5, 5.41) is 0.941. The number of carbonyl (C=O) groups is 2. The molecule has 2 N–H and O–H groups in total. The number of ether oxygens (including phenoxy) is 1. The summed E-state index contributed by atoms with van der Waals surface area (Å²) in [7, 11) is 0. The summed E-state index contributed by atoms with van der Waals surface area (Å²) < 4.78 is 6.43. The molecule has 0 bridgehead atoms. The highest BCUT2D eigenvalue weighted by molar-refractivity contribution is 7.18. The summed E-state index contributed by atoms with van der Waals surface area (Å²) in [6.45, 7) is 1.51. The Morgan fingerprint density at radius 3 is 2.70 bits per heavy atom. The van der Waals surface area contributed by atoms with Crippen LogP contribution in [-0.4, -0.2) is 23.0 Å². The molecule has 0 radical (unpaired) electrons. The molecule has 23 heavy (non-hydrogen) atoms. The Morgan fingerprint density at radius 1 is 1.35 bits per heavy atom. The van der Waals surface area contributed by atoms with Crippen LogP contribution >= 0.6 is 11.3 Å². The first-order chi connectivity index (χ1) is 11.0. The number of thiazole rings is 1. The predicted molar refractivity (Wildman–Crippen MR) is 89.0 cm³/mol. The first kappa shape index (κ1) is 15.9. The van der Waals surface area contributed by atoms with E-state index in [0.29, 0.717) is 6.42 Å². The first-order valence-corrected chi connectivity index (χ1v) is 8.67. The van der Waals surface area contributed by atoms with Crippen molar-refractivity contribution in [2.45, 2.75) is 45.1 Å². The smallest absolute Gasteiger partial charge is 0.313 e. The van der Waals surface area contributed by atoms with Crippen molar-refractivity contribution < 1.29 is 14.3 Å². The fraction of sp³-hybridized carbons (Fsp3) is 0.471. The van der Waals surface area contributed by atoms with Crippen LogP contribution in [0.1, 0.15) is 37.6 Å². The van der Waals surface area contributed by atoms with Crippen LogP contribution < -0.4 is 5.73 Å². The molecule has 1 aliphatic rings. The number of aromatic nitrogens is 1. The van der Waals surface area contributed by atoms with Gasteiger partial charge in [0, 0.05) is 6.42 Å². The van der Waals surface area contributed by atoms with Crippen molar-refractivity contribution in [1.29, 1.82) is 0 Å². The molecule has 0 unspecified atom stereocenters. The molecule has 1 aromatic carbocycles. The molecule has 1 amide bonds. The molecule has 5 nitrogen and oxygen atoms in total. The van der Waals surface area contributed by atoms with Gasteiger partial charge in [0.15, 0.2) is 6.10 Å². The van der Waals surface area contributed by atoms with E-state index in [1.165, 1.54) is 6.92 Å². The van der Waals surface area contributed by atoms with E-state index in [4.69, 9.17) is 10.5 Å². The van der Waals surface area contributed by atoms with Gasteiger partial charge < -0.3 is 10.5 Å². The Hall–Kier alpha value is -1.95. The van der Waals surface area contributed by atoms with Gasteiger partial charge in [-0.3, -0.25) is 9.59 Å². The number of primary amides is 1. The zero-order chi connectivity index (χ0) is 16.4. The standard InChI is InChI=1S/C17H20N2O3S/c1-11(15(18)20)22-16(21)17(8-4-5-9-17)10-14-19-12-6-2-3-7-13(12)23-14/h2-3,6-7,11H,4-5,8-10H2,1H3,(H2,18,20)/t11-/m0/s1. The minimum absolute atomic E-state index is 0.319. The number of esters is 1. The SMILES string of the molecule is C[C@H](OC(=O)C1(Cc2nc3ccccc3s2)CCCC1)C(N)=O. The van der Waals surface area contributed by atoms with E-state index in [1.54, 1.807) is 11.3 Å². The molecular formula is C17H20N2O3S. The molecule has 6 heteroatoms. The van der Waals surface area contributed by atoms with Gasteiger partial charge in [-0.1, -0.05) is 25.0 Å². The van der Waals surface area contributed by atoms with Crippen molar-refractivity contribution in [2.24, 2.45) is 11.1 Å². The van der Waals surface area contributed by atoms with Gasteiger partial charge in [0.05, 0.1) is 20.6 Å². The monoisotopic (exact) mass is 332 g/mol. The van der Waals surface area contributed by atoms with Crippen LogP contribution in [0.25, 0.3) is 10.2 Å². The number of benzene rings is 1. The lowest BCUT2D eigenvalue weighted by Gasteiger charge is -2.26. The second kappa shape index (κ2) is 6.28. The third-order valence-corrected chi connectivity index (χ3v) is 5.54. The van der Waals surface area contributed by atoms with Gasteiger partial charge in [0.1, 0.15) is 0 Å². The van der Waals surface area contributed by atoms with Crippen LogP contribution in [0.5, 0.6) is 0 Å². The lowest BCUT2D eigenvalue weighted by atomic mass is 9.83. The molecule has 1 aromatic heterocycles. The number of carbonyl (C=O) groups excluding carboxylic acids is 2. The van der Waals surface area contributed by atoms with Gasteiger partial charge >= 0.3 is 5.97 Å². The average molecular weight is 332 g/mol. The normalized spacial score (nSPS) is 18.0. The highest BCUT2D eigenvalue weighted by Crippen LogP contribution is 2.43. The molecule has 1 saturated carbocycles. The Kier molecular flexibility index (Phi) is 4.35. The van der Waals surface area contributed by atoms with E-state index in [2.05, 4.69) is 4.98 Å². The van der Waals surface area contributed by atoms with E-state index in [-0.39, 0.29) is 5.97 Å². The summed E-state index contributed by atoms with van der Waals surface area (Å²) >= 11 is 1.61. The minimum atomic E-state index is -0.893. The summed E-state index contributed by atoms with van der Waals surface area (Å²) in [6, 6.07) is 7.95. The van der Waals surface area contributed by atoms with Gasteiger partial charge in [0.25, 0.3) is 5.91 Å². The van der Waals surface area contributed by atoms with E-state index in [9.17, 15) is 9.59 Å². The third kappa shape index (κ3) is 3.22. The highest BCUT2D eigenvalue weighted by Gasteiger charge is 2.44. The van der Waals surface area contributed by atoms with E-state index < -0.39 is 17.4 Å². The molecule has 1 atom stereocenters. The highest BCUT2D eigenvalue weighted by atomic mass is 32.1. The van der Waals surface area contributed by atoms with E-state index >= 15 is 0 Å². The van der Waals surface area contributed by atoms with Crippen molar-refractivity contribution in [2.75, 3.05) is 0 Å². The van der Waals surface area contributed by atoms with Crippen LogP contribution in [0, 0.1) is 5.41 Å². The van der Waals surface area contributed by atoms with Crippen LogP contribution in [-0.2, 0) is 20.7 Å². The molecule has 2 aromatic rings. The number of para-hydroxylation sites is 1. The molecule has 1 aliphatic carbocycles. The van der Waals surface area contributed by atoms with Crippen LogP contribution in [0.4, 0.5) is 0 Å². The van der Waals surface area contributed by atoms with Gasteiger partial charge in [-0.25, -0.2) is 4.98 Å². The predicted octanol–water partition coefficient (Wildman–Crippen LogP) is 2.82. The van der Waals surface area contributed by atoms with Gasteiger partial charge in [0.2, 0.25) is 0 Å². The van der Waals surface area contributed by atoms with Gasteiger partial charge in [-0.15, -0.1) is 11.3 Å². The Balaban J connectivity index is 1.83. The molecular weight excluding hydrogens is 312 g/mol. The van der Waals surface area contributed by atoms with Crippen molar-refractivity contribution in [3.8, 4) is 0 Å². The van der Waals surface area contributed by atoms with Crippen LogP contribution in [0.15, 0.2) is 24.3 Å². The maximum absolute atomic E-state index is 12.6. The van der Waals surface area contributed by atoms with Crippen LogP contribution in [0.2, 0.25) is 0 Å². The molecule has 1 heterocycles. The maximum atomic E-state index is 12.6. The largest absolute Gasteiger partial charge is 0.452 e. The Labute approximate surface area is 138 Å². The zero-order valence-corrected chi connectivity index (χ0v) is 13.9. The first-order valence-electron chi connectivity index (χ1n) is 7.85. The molecule has 0 spiro atoms. The number of nitrogens with two attached hydrogens (primary N) is 1. The lowest BCUT2D eigenvalue weighted by Crippen LogP contribution is -2.38. The van der Waals surface area contributed by atoms with E-state index in [0.717, 1.165) is 40.9 Å². The molecule has 122 valence electrons. The summed E-state index contributed by atoms with van der Waals surface area (Å²) in [5.74, 6) is -0.938. The lowest BCUT2D eigenvalue weighted by molar-refractivity contribution is -0.164. The van der Waals surface area contributed by atoms with Crippen LogP contribution in [0.3, 0.4) is 0 Å². The summed E-state index contributed by atoms with van der Waals surface area (Å²) in [6.07, 6.45) is 3.20. The summed E-state index contributed by atoms with van der Waals surface area (Å²) in [5.41, 5.74) is 5.59. The zero-order valence-electron chi connectivity index (χ0n) is 13.1. The Bertz CT molecular complexity index is 701. The number of fused-ring (bicyclic) bond motifs is 1. The van der Waals surface area contributed by atoms with Gasteiger partial charge in [-0.05, 0) is 31.9 Å². The number of hydrogen-bond donors (Lipinski definition) is 1. The van der Waals surface area contributed by atoms with Crippen molar-refractivity contribution in [3.05, 3.63) is 29.3 Å². The number of rotatable bonds is 5. The molecule has 1 fully saturated rings. The maximum Gasteiger partial charge on any atom is 0.313 e. The number of hydrogen-bond acceptors (Lipinski definition) is 5. The molecule has 0 saturated heterocycles. The molecule has 0 aliphatic heterocycles. The number of amides is 1. The van der Waals surface area contributed by atoms with Crippen molar-refractivity contribution >= 4 is 33.4 Å². The minimum Gasteiger partial charge on any atom is -0.452 e. The second-order valence-corrected chi connectivity index (χ2v) is 7.30. The molecule has 3 rings (SSSR count). The third-order valence-electron chi connectivity index (χ3n) is 4.51. The average Bonchev–Trinajstić information content (AvgIpc) is 3.14. The Morgan fingerprint density at radius 2 is 2.04 bits per heavy atom.